The molecule has 0 saturated carbocycles. The maximum absolute atomic E-state index is 12.6. The van der Waals surface area contributed by atoms with Crippen molar-refractivity contribution in [3.63, 3.8) is 0 Å². The van der Waals surface area contributed by atoms with Gasteiger partial charge in [0.2, 0.25) is 0 Å². The van der Waals surface area contributed by atoms with Crippen molar-refractivity contribution >= 4 is 12.2 Å². The zero-order valence-electron chi connectivity index (χ0n) is 13.6. The molecule has 1 N–H and O–H groups in total. The van der Waals surface area contributed by atoms with Gasteiger partial charge >= 0.3 is 6.18 Å². The van der Waals surface area contributed by atoms with Gasteiger partial charge in [-0.2, -0.15) is 13.2 Å². The number of carboxylic acid groups (broad SMARTS) is 1. The molecule has 0 aromatic heterocycles. The second-order valence-electron chi connectivity index (χ2n) is 5.94. The number of nitrogens with zero attached hydrogens (tertiary/aromatic N) is 1. The number of hydrogen-bond donors (Lipinski definition) is 1. The Morgan fingerprint density at radius 1 is 1.08 bits per heavy atom. The molecule has 1 atom stereocenters. The minimum Gasteiger partial charge on any atom is -0.483 e. The van der Waals surface area contributed by atoms with Gasteiger partial charge in [-0.3, -0.25) is 4.79 Å². The summed E-state index contributed by atoms with van der Waals surface area (Å²) >= 11 is 0. The van der Waals surface area contributed by atoms with Crippen molar-refractivity contribution in [1.29, 1.82) is 0 Å². The molecule has 3 nitrogen and oxygen atoms in total. The van der Waals surface area contributed by atoms with Crippen LogP contribution in [0.4, 0.5) is 18.9 Å². The Morgan fingerprint density at radius 2 is 1.68 bits per heavy atom. The summed E-state index contributed by atoms with van der Waals surface area (Å²) in [5.41, 5.74) is 1.62. The molecule has 2 aromatic carbocycles. The summed E-state index contributed by atoms with van der Waals surface area (Å²) in [6, 6.07) is 15.8. The van der Waals surface area contributed by atoms with Crippen LogP contribution >= 0.6 is 0 Å². The minimum absolute atomic E-state index is 0.250. The number of hydrogen-bond acceptors (Lipinski definition) is 2. The summed E-state index contributed by atoms with van der Waals surface area (Å²) in [5, 5.41) is 6.89. The quantitative estimate of drug-likeness (QED) is 0.829. The van der Waals surface area contributed by atoms with Crippen molar-refractivity contribution in [1.82, 2.24) is 0 Å². The van der Waals surface area contributed by atoms with Gasteiger partial charge in [0, 0.05) is 18.8 Å². The predicted molar refractivity (Wildman–Crippen MR) is 90.6 cm³/mol. The Morgan fingerprint density at radius 3 is 2.24 bits per heavy atom. The standard InChI is InChI=1S/C18H18F3N.CH2O2/c19-18(20,21)16-8-6-14(7-9-16)12-15-10-11-22(13-15)17-4-2-1-3-5-17;2-1-3/h1-9,15H,10-13H2;1H,(H,2,3). The summed E-state index contributed by atoms with van der Waals surface area (Å²) < 4.78 is 37.7. The van der Waals surface area contributed by atoms with Crippen molar-refractivity contribution in [2.24, 2.45) is 5.92 Å². The molecule has 1 heterocycles. The van der Waals surface area contributed by atoms with Crippen molar-refractivity contribution in [2.75, 3.05) is 18.0 Å². The molecule has 0 spiro atoms. The highest BCUT2D eigenvalue weighted by molar-refractivity contribution is 5.47. The van der Waals surface area contributed by atoms with Crippen LogP contribution in [0, 0.1) is 5.92 Å². The zero-order valence-corrected chi connectivity index (χ0v) is 13.6. The lowest BCUT2D eigenvalue weighted by Gasteiger charge is -2.18. The third kappa shape index (κ3) is 5.52. The Labute approximate surface area is 144 Å². The largest absolute Gasteiger partial charge is 0.483 e. The third-order valence-corrected chi connectivity index (χ3v) is 4.21. The van der Waals surface area contributed by atoms with E-state index in [1.54, 1.807) is 12.1 Å². The van der Waals surface area contributed by atoms with E-state index in [4.69, 9.17) is 9.90 Å². The average molecular weight is 351 g/mol. The van der Waals surface area contributed by atoms with Gasteiger partial charge in [0.25, 0.3) is 6.47 Å². The van der Waals surface area contributed by atoms with E-state index in [-0.39, 0.29) is 6.47 Å². The lowest BCUT2D eigenvalue weighted by Crippen LogP contribution is -2.20. The monoisotopic (exact) mass is 351 g/mol. The zero-order chi connectivity index (χ0) is 18.3. The van der Waals surface area contributed by atoms with E-state index in [1.165, 1.54) is 17.8 Å². The van der Waals surface area contributed by atoms with E-state index in [9.17, 15) is 13.2 Å². The van der Waals surface area contributed by atoms with Crippen LogP contribution in [0.1, 0.15) is 17.5 Å². The SMILES string of the molecule is FC(F)(F)c1ccc(CC2CCN(c3ccccc3)C2)cc1.O=CO. The number of anilines is 1. The third-order valence-electron chi connectivity index (χ3n) is 4.21. The van der Waals surface area contributed by atoms with Crippen LogP contribution in [0.15, 0.2) is 54.6 Å². The molecule has 1 aliphatic rings. The molecule has 0 amide bonds. The topological polar surface area (TPSA) is 40.5 Å². The Kier molecular flexibility index (Phi) is 6.44. The Bertz CT molecular complexity index is 657. The van der Waals surface area contributed by atoms with Crippen LogP contribution in [-0.2, 0) is 17.4 Å². The second-order valence-corrected chi connectivity index (χ2v) is 5.94. The second kappa shape index (κ2) is 8.55. The van der Waals surface area contributed by atoms with Crippen molar-refractivity contribution in [3.05, 3.63) is 65.7 Å². The summed E-state index contributed by atoms with van der Waals surface area (Å²) in [5.74, 6) is 0.497. The van der Waals surface area contributed by atoms with Gasteiger partial charge in [-0.05, 0) is 48.6 Å². The normalized spacial score (nSPS) is 16.9. The van der Waals surface area contributed by atoms with Crippen LogP contribution in [0.3, 0.4) is 0 Å². The van der Waals surface area contributed by atoms with Crippen LogP contribution in [0.25, 0.3) is 0 Å². The van der Waals surface area contributed by atoms with Crippen LogP contribution in [0.5, 0.6) is 0 Å². The van der Waals surface area contributed by atoms with Gasteiger partial charge in [-0.1, -0.05) is 30.3 Å². The molecule has 1 aliphatic heterocycles. The number of halogens is 3. The number of rotatable bonds is 3. The fraction of sp³-hybridized carbons (Fsp3) is 0.316. The van der Waals surface area contributed by atoms with Crippen molar-refractivity contribution in [3.8, 4) is 0 Å². The highest BCUT2D eigenvalue weighted by Crippen LogP contribution is 2.30. The molecule has 0 radical (unpaired) electrons. The molecule has 134 valence electrons. The lowest BCUT2D eigenvalue weighted by molar-refractivity contribution is -0.137. The molecule has 0 bridgehead atoms. The summed E-state index contributed by atoms with van der Waals surface area (Å²) in [4.78, 5) is 10.7. The molecular formula is C19H20F3NO2. The van der Waals surface area contributed by atoms with Gasteiger partial charge in [0.1, 0.15) is 0 Å². The number of benzene rings is 2. The highest BCUT2D eigenvalue weighted by Gasteiger charge is 2.30. The molecular weight excluding hydrogens is 331 g/mol. The number of carbonyl (C=O) groups is 1. The van der Waals surface area contributed by atoms with Gasteiger partial charge in [-0.25, -0.2) is 0 Å². The van der Waals surface area contributed by atoms with E-state index in [1.807, 2.05) is 18.2 Å². The van der Waals surface area contributed by atoms with Crippen LogP contribution < -0.4 is 4.90 Å². The van der Waals surface area contributed by atoms with Gasteiger partial charge in [0.05, 0.1) is 5.56 Å². The number of para-hydroxylation sites is 1. The average Bonchev–Trinajstić information content (AvgIpc) is 3.05. The first-order valence-corrected chi connectivity index (χ1v) is 7.98. The molecule has 3 rings (SSSR count). The molecule has 1 fully saturated rings. The van der Waals surface area contributed by atoms with Crippen LogP contribution in [-0.4, -0.2) is 24.7 Å². The molecule has 6 heteroatoms. The van der Waals surface area contributed by atoms with Crippen molar-refractivity contribution < 1.29 is 23.1 Å². The fourth-order valence-corrected chi connectivity index (χ4v) is 3.04. The maximum atomic E-state index is 12.6. The first kappa shape index (κ1) is 18.8. The molecule has 1 unspecified atom stereocenters. The highest BCUT2D eigenvalue weighted by atomic mass is 19.4. The minimum atomic E-state index is -4.25. The van der Waals surface area contributed by atoms with Gasteiger partial charge in [0.15, 0.2) is 0 Å². The summed E-state index contributed by atoms with van der Waals surface area (Å²) in [6.07, 6.45) is -2.34. The van der Waals surface area contributed by atoms with E-state index >= 15 is 0 Å². The Balaban J connectivity index is 0.000000701. The predicted octanol–water partition coefficient (Wildman–Crippen LogP) is 4.48. The molecule has 1 saturated heterocycles. The smallest absolute Gasteiger partial charge is 0.416 e. The number of alkyl halides is 3. The maximum Gasteiger partial charge on any atom is 0.416 e. The van der Waals surface area contributed by atoms with E-state index in [0.717, 1.165) is 31.5 Å². The van der Waals surface area contributed by atoms with E-state index in [2.05, 4.69) is 17.0 Å². The molecule has 25 heavy (non-hydrogen) atoms. The van der Waals surface area contributed by atoms with Gasteiger partial charge < -0.3 is 10.0 Å². The van der Waals surface area contributed by atoms with Crippen LogP contribution in [0.2, 0.25) is 0 Å². The van der Waals surface area contributed by atoms with E-state index < -0.39 is 11.7 Å². The summed E-state index contributed by atoms with van der Waals surface area (Å²) in [7, 11) is 0. The van der Waals surface area contributed by atoms with Crippen molar-refractivity contribution in [2.45, 2.75) is 19.0 Å². The fourth-order valence-electron chi connectivity index (χ4n) is 3.04. The van der Waals surface area contributed by atoms with Gasteiger partial charge in [-0.15, -0.1) is 0 Å². The lowest BCUT2D eigenvalue weighted by atomic mass is 9.98. The first-order valence-electron chi connectivity index (χ1n) is 7.98. The Hall–Kier alpha value is -2.50. The van der Waals surface area contributed by atoms with E-state index in [0.29, 0.717) is 5.92 Å². The first-order chi connectivity index (χ1) is 11.9. The molecule has 0 aliphatic carbocycles. The molecule has 2 aromatic rings. The summed E-state index contributed by atoms with van der Waals surface area (Å²) in [6.45, 7) is 1.72.